The number of anilines is 3. The van der Waals surface area contributed by atoms with Gasteiger partial charge in [0.1, 0.15) is 16.9 Å². The summed E-state index contributed by atoms with van der Waals surface area (Å²) in [5.41, 5.74) is 9.46. The van der Waals surface area contributed by atoms with Crippen LogP contribution in [0.25, 0.3) is 33.1 Å². The summed E-state index contributed by atoms with van der Waals surface area (Å²) in [7, 11) is 2.07. The molecule has 9 nitrogen and oxygen atoms in total. The van der Waals surface area contributed by atoms with Crippen LogP contribution in [-0.2, 0) is 0 Å². The summed E-state index contributed by atoms with van der Waals surface area (Å²) < 4.78 is 15.0. The van der Waals surface area contributed by atoms with E-state index >= 15 is 4.39 Å². The summed E-state index contributed by atoms with van der Waals surface area (Å²) in [4.78, 5) is 34.5. The third-order valence-electron chi connectivity index (χ3n) is 6.83. The number of halogens is 1. The molecule has 0 saturated carbocycles. The van der Waals surface area contributed by atoms with Crippen molar-refractivity contribution in [3.8, 4) is 11.3 Å². The van der Waals surface area contributed by atoms with Gasteiger partial charge in [0.2, 0.25) is 11.9 Å². The fourth-order valence-electron chi connectivity index (χ4n) is 4.81. The minimum absolute atomic E-state index is 0.297. The zero-order chi connectivity index (χ0) is 26.2. The van der Waals surface area contributed by atoms with Gasteiger partial charge in [-0.15, -0.1) is 0 Å². The number of rotatable bonds is 5. The van der Waals surface area contributed by atoms with Crippen LogP contribution in [0.5, 0.6) is 0 Å². The number of likely N-dealkylation sites (N-methyl/N-ethyl adjacent to an activating group) is 1. The Morgan fingerprint density at radius 2 is 1.82 bits per heavy atom. The van der Waals surface area contributed by atoms with Crippen LogP contribution in [-0.4, -0.2) is 64.0 Å². The van der Waals surface area contributed by atoms with Gasteiger partial charge < -0.3 is 20.9 Å². The zero-order valence-electron chi connectivity index (χ0n) is 20.7. The first-order valence-corrected chi connectivity index (χ1v) is 12.3. The van der Waals surface area contributed by atoms with Gasteiger partial charge in [0.25, 0.3) is 0 Å². The van der Waals surface area contributed by atoms with Crippen LogP contribution in [0.4, 0.5) is 21.7 Å². The number of nitrogens with one attached hydrogen (secondary N) is 1. The molecule has 1 aliphatic heterocycles. The Morgan fingerprint density at radius 3 is 2.61 bits per heavy atom. The van der Waals surface area contributed by atoms with Gasteiger partial charge in [-0.3, -0.25) is 9.78 Å². The molecule has 3 N–H and O–H groups in total. The number of pyridine rings is 2. The lowest BCUT2D eigenvalue weighted by atomic mass is 9.99. The molecule has 0 aliphatic carbocycles. The summed E-state index contributed by atoms with van der Waals surface area (Å²) in [5, 5.41) is 4.63. The van der Waals surface area contributed by atoms with Crippen molar-refractivity contribution in [3.63, 3.8) is 0 Å². The SMILES string of the molecule is CN1CCN(c2ccc(Nc3ncc4nc(-c5ccccc5C(N)=O)c5ccncc5c4n3)cc2F)CC1. The highest BCUT2D eigenvalue weighted by atomic mass is 19.1. The molecule has 38 heavy (non-hydrogen) atoms. The number of carbonyl (C=O) groups is 1. The Hall–Kier alpha value is -4.70. The normalized spacial score (nSPS) is 14.2. The lowest BCUT2D eigenvalue weighted by Crippen LogP contribution is -2.44. The number of nitrogens with zero attached hydrogens (tertiary/aromatic N) is 6. The molecule has 0 radical (unpaired) electrons. The standard InChI is InChI=1S/C28H25FN8O/c1-36-10-12-37(13-11-36)24-7-6-17(14-22(24)29)33-28-32-16-23-26(35-28)21-15-31-9-8-19(21)25(34-23)18-4-2-3-5-20(18)27(30)38/h2-9,14-16H,10-13H2,1H3,(H2,30,38)(H,32,33,35). The number of aromatic nitrogens is 4. The quantitative estimate of drug-likeness (QED) is 0.343. The monoisotopic (exact) mass is 508 g/mol. The molecule has 4 heterocycles. The third-order valence-corrected chi connectivity index (χ3v) is 6.83. The molecule has 1 amide bonds. The van der Waals surface area contributed by atoms with Gasteiger partial charge in [0, 0.05) is 66.2 Å². The predicted octanol–water partition coefficient (Wildman–Crippen LogP) is 3.97. The van der Waals surface area contributed by atoms with E-state index in [0.717, 1.165) is 37.0 Å². The van der Waals surface area contributed by atoms with Crippen LogP contribution < -0.4 is 16.0 Å². The van der Waals surface area contributed by atoms with E-state index in [4.69, 9.17) is 10.7 Å². The van der Waals surface area contributed by atoms with E-state index in [9.17, 15) is 4.79 Å². The van der Waals surface area contributed by atoms with Crippen LogP contribution in [0.1, 0.15) is 10.4 Å². The Kier molecular flexibility index (Phi) is 6.01. The van der Waals surface area contributed by atoms with E-state index in [1.165, 1.54) is 6.07 Å². The molecule has 0 bridgehead atoms. The van der Waals surface area contributed by atoms with Crippen molar-refractivity contribution >= 4 is 45.0 Å². The Bertz CT molecular complexity index is 1680. The number of primary amides is 1. The number of fused-ring (bicyclic) bond motifs is 3. The topological polar surface area (TPSA) is 113 Å². The van der Waals surface area contributed by atoms with E-state index in [1.54, 1.807) is 36.8 Å². The maximum Gasteiger partial charge on any atom is 0.249 e. The van der Waals surface area contributed by atoms with E-state index < -0.39 is 5.91 Å². The lowest BCUT2D eigenvalue weighted by Gasteiger charge is -2.34. The second-order valence-electron chi connectivity index (χ2n) is 9.30. The number of hydrogen-bond donors (Lipinski definition) is 2. The van der Waals surface area contributed by atoms with Crippen molar-refractivity contribution in [1.29, 1.82) is 0 Å². The number of nitrogens with two attached hydrogens (primary N) is 1. The van der Waals surface area contributed by atoms with Gasteiger partial charge in [-0.05, 0) is 37.4 Å². The molecule has 2 aromatic carbocycles. The number of carbonyl (C=O) groups excluding carboxylic acids is 1. The first-order valence-electron chi connectivity index (χ1n) is 12.3. The van der Waals surface area contributed by atoms with Crippen LogP contribution in [0.15, 0.2) is 67.1 Å². The fraction of sp³-hybridized carbons (Fsp3) is 0.179. The maximum absolute atomic E-state index is 15.0. The molecule has 1 fully saturated rings. The molecule has 5 aromatic rings. The maximum atomic E-state index is 15.0. The molecule has 10 heteroatoms. The number of hydrogen-bond acceptors (Lipinski definition) is 8. The average Bonchev–Trinajstić information content (AvgIpc) is 2.93. The molecule has 3 aromatic heterocycles. The summed E-state index contributed by atoms with van der Waals surface area (Å²) in [5.74, 6) is -0.526. The third kappa shape index (κ3) is 4.35. The summed E-state index contributed by atoms with van der Waals surface area (Å²) in [6.45, 7) is 3.37. The predicted molar refractivity (Wildman–Crippen MR) is 146 cm³/mol. The van der Waals surface area contributed by atoms with E-state index in [0.29, 0.717) is 45.2 Å². The van der Waals surface area contributed by atoms with Crippen LogP contribution >= 0.6 is 0 Å². The van der Waals surface area contributed by atoms with Gasteiger partial charge in [0.05, 0.1) is 17.6 Å². The van der Waals surface area contributed by atoms with Gasteiger partial charge in [0.15, 0.2) is 0 Å². The largest absolute Gasteiger partial charge is 0.367 e. The zero-order valence-corrected chi connectivity index (χ0v) is 20.7. The summed E-state index contributed by atoms with van der Waals surface area (Å²) in [6, 6.07) is 14.0. The molecular formula is C28H25FN8O. The first kappa shape index (κ1) is 23.7. The smallest absolute Gasteiger partial charge is 0.249 e. The van der Waals surface area contributed by atoms with Crippen LogP contribution in [0, 0.1) is 5.82 Å². The van der Waals surface area contributed by atoms with E-state index in [2.05, 4.69) is 37.1 Å². The molecular weight excluding hydrogens is 483 g/mol. The van der Waals surface area contributed by atoms with Crippen molar-refractivity contribution in [2.75, 3.05) is 43.4 Å². The second-order valence-corrected chi connectivity index (χ2v) is 9.30. The minimum atomic E-state index is -0.536. The second kappa shape index (κ2) is 9.64. The van der Waals surface area contributed by atoms with Gasteiger partial charge in [-0.1, -0.05) is 18.2 Å². The molecule has 0 atom stereocenters. The summed E-state index contributed by atoms with van der Waals surface area (Å²) in [6.07, 6.45) is 4.97. The highest BCUT2D eigenvalue weighted by molar-refractivity contribution is 6.11. The average molecular weight is 509 g/mol. The summed E-state index contributed by atoms with van der Waals surface area (Å²) >= 11 is 0. The lowest BCUT2D eigenvalue weighted by molar-refractivity contribution is 0.100. The van der Waals surface area contributed by atoms with Crippen molar-refractivity contribution in [1.82, 2.24) is 24.8 Å². The van der Waals surface area contributed by atoms with Crippen molar-refractivity contribution in [3.05, 3.63) is 78.5 Å². The first-order chi connectivity index (χ1) is 18.5. The molecule has 1 aliphatic rings. The van der Waals surface area contributed by atoms with Crippen LogP contribution in [0.2, 0.25) is 0 Å². The highest BCUT2D eigenvalue weighted by Gasteiger charge is 2.19. The Balaban J connectivity index is 1.37. The molecule has 1 saturated heterocycles. The van der Waals surface area contributed by atoms with Gasteiger partial charge in [-0.25, -0.2) is 19.3 Å². The van der Waals surface area contributed by atoms with Gasteiger partial charge >= 0.3 is 0 Å². The van der Waals surface area contributed by atoms with E-state index in [1.807, 2.05) is 24.3 Å². The van der Waals surface area contributed by atoms with Crippen molar-refractivity contribution < 1.29 is 9.18 Å². The van der Waals surface area contributed by atoms with Gasteiger partial charge in [-0.2, -0.15) is 0 Å². The molecule has 0 spiro atoms. The molecule has 190 valence electrons. The number of amides is 1. The molecule has 0 unspecified atom stereocenters. The highest BCUT2D eigenvalue weighted by Crippen LogP contribution is 2.33. The minimum Gasteiger partial charge on any atom is -0.367 e. The Labute approximate surface area is 218 Å². The van der Waals surface area contributed by atoms with Crippen molar-refractivity contribution in [2.24, 2.45) is 5.73 Å². The fourth-order valence-corrected chi connectivity index (χ4v) is 4.81. The Morgan fingerprint density at radius 1 is 1.00 bits per heavy atom. The van der Waals surface area contributed by atoms with E-state index in [-0.39, 0.29) is 5.82 Å². The number of benzene rings is 2. The van der Waals surface area contributed by atoms with Crippen LogP contribution in [0.3, 0.4) is 0 Å². The number of piperazine rings is 1. The molecule has 6 rings (SSSR count). The van der Waals surface area contributed by atoms with Crippen molar-refractivity contribution in [2.45, 2.75) is 0 Å².